The maximum absolute atomic E-state index is 12.8. The van der Waals surface area contributed by atoms with Crippen LogP contribution in [0.1, 0.15) is 5.56 Å². The van der Waals surface area contributed by atoms with E-state index in [2.05, 4.69) is 15.5 Å². The zero-order valence-electron chi connectivity index (χ0n) is 16.5. The van der Waals surface area contributed by atoms with Crippen molar-refractivity contribution in [1.29, 1.82) is 0 Å². The van der Waals surface area contributed by atoms with Crippen molar-refractivity contribution in [1.82, 2.24) is 10.2 Å². The van der Waals surface area contributed by atoms with Crippen LogP contribution in [0.4, 0.5) is 18.9 Å². The first-order valence-corrected chi connectivity index (χ1v) is 9.48. The smallest absolute Gasteiger partial charge is 0.416 e. The second kappa shape index (κ2) is 8.93. The Morgan fingerprint density at radius 2 is 1.62 bits per heavy atom. The summed E-state index contributed by atoms with van der Waals surface area (Å²) in [6.45, 7) is -0.424. The molecule has 1 heterocycles. The number of halogens is 3. The summed E-state index contributed by atoms with van der Waals surface area (Å²) in [5.41, 5.74) is 0.400. The van der Waals surface area contributed by atoms with E-state index in [0.29, 0.717) is 17.2 Å². The lowest BCUT2D eigenvalue weighted by Crippen LogP contribution is -2.20. The number of hydrogen-bond acceptors (Lipinski definition) is 5. The van der Waals surface area contributed by atoms with Gasteiger partial charge in [-0.3, -0.25) is 4.79 Å². The molecular weight excluding hydrogens is 423 g/mol. The van der Waals surface area contributed by atoms with Crippen molar-refractivity contribution in [3.63, 3.8) is 0 Å². The molecule has 1 aromatic heterocycles. The zero-order valence-corrected chi connectivity index (χ0v) is 16.5. The van der Waals surface area contributed by atoms with Crippen molar-refractivity contribution in [2.24, 2.45) is 0 Å². The van der Waals surface area contributed by atoms with E-state index in [1.54, 1.807) is 24.3 Å². The van der Waals surface area contributed by atoms with Gasteiger partial charge in [0.25, 0.3) is 11.8 Å². The van der Waals surface area contributed by atoms with Gasteiger partial charge in [0, 0.05) is 11.3 Å². The maximum Gasteiger partial charge on any atom is 0.416 e. The molecule has 162 valence electrons. The van der Waals surface area contributed by atoms with Crippen molar-refractivity contribution in [2.45, 2.75) is 6.18 Å². The Morgan fingerprint density at radius 3 is 2.41 bits per heavy atom. The molecule has 0 aliphatic carbocycles. The molecule has 0 spiro atoms. The minimum atomic E-state index is -4.50. The molecule has 0 saturated heterocycles. The van der Waals surface area contributed by atoms with E-state index < -0.39 is 24.3 Å². The summed E-state index contributed by atoms with van der Waals surface area (Å²) >= 11 is 0. The maximum atomic E-state index is 12.8. The van der Waals surface area contributed by atoms with Crippen LogP contribution >= 0.6 is 0 Å². The number of amides is 1. The molecule has 4 aromatic rings. The Labute approximate surface area is 180 Å². The molecule has 0 unspecified atom stereocenters. The lowest BCUT2D eigenvalue weighted by atomic mass is 10.2. The van der Waals surface area contributed by atoms with E-state index in [-0.39, 0.29) is 11.6 Å². The minimum Gasteiger partial charge on any atom is -0.483 e. The summed E-state index contributed by atoms with van der Waals surface area (Å²) in [7, 11) is 0. The molecule has 0 bridgehead atoms. The standard InChI is InChI=1S/C23H16F3N3O3/c24-23(25,26)16-9-6-10-17(13-16)27-20(30)14-31-19-12-5-4-11-18(19)22-29-28-21(32-22)15-7-2-1-3-8-15/h1-13H,14H2,(H,27,30). The van der Waals surface area contributed by atoms with E-state index in [1.165, 1.54) is 12.1 Å². The first kappa shape index (κ1) is 21.1. The molecule has 6 nitrogen and oxygen atoms in total. The molecular formula is C23H16F3N3O3. The first-order chi connectivity index (χ1) is 15.4. The van der Waals surface area contributed by atoms with Gasteiger partial charge in [-0.05, 0) is 42.5 Å². The van der Waals surface area contributed by atoms with Crippen LogP contribution < -0.4 is 10.1 Å². The summed E-state index contributed by atoms with van der Waals surface area (Å²) in [4.78, 5) is 12.2. The fourth-order valence-corrected chi connectivity index (χ4v) is 2.91. The predicted octanol–water partition coefficient (Wildman–Crippen LogP) is 5.44. The van der Waals surface area contributed by atoms with Gasteiger partial charge in [0.05, 0.1) is 11.1 Å². The highest BCUT2D eigenvalue weighted by molar-refractivity contribution is 5.92. The Morgan fingerprint density at radius 1 is 0.906 bits per heavy atom. The molecule has 1 N–H and O–H groups in total. The highest BCUT2D eigenvalue weighted by atomic mass is 19.4. The third kappa shape index (κ3) is 4.94. The summed E-state index contributed by atoms with van der Waals surface area (Å²) in [6, 6.07) is 20.4. The molecule has 0 aliphatic rings. The van der Waals surface area contributed by atoms with Gasteiger partial charge in [0.1, 0.15) is 5.75 Å². The highest BCUT2D eigenvalue weighted by Crippen LogP contribution is 2.32. The van der Waals surface area contributed by atoms with E-state index in [9.17, 15) is 18.0 Å². The van der Waals surface area contributed by atoms with Crippen LogP contribution in [-0.2, 0) is 11.0 Å². The Balaban J connectivity index is 1.45. The van der Waals surface area contributed by atoms with Crippen LogP contribution in [0, 0.1) is 0 Å². The number of para-hydroxylation sites is 1. The summed E-state index contributed by atoms with van der Waals surface area (Å²) in [6.07, 6.45) is -4.50. The van der Waals surface area contributed by atoms with Crippen molar-refractivity contribution < 1.29 is 27.1 Å². The molecule has 0 fully saturated rings. The lowest BCUT2D eigenvalue weighted by Gasteiger charge is -2.11. The predicted molar refractivity (Wildman–Crippen MR) is 111 cm³/mol. The molecule has 1 amide bonds. The van der Waals surface area contributed by atoms with Crippen LogP contribution in [-0.4, -0.2) is 22.7 Å². The number of benzene rings is 3. The third-order valence-electron chi connectivity index (χ3n) is 4.40. The Bertz CT molecular complexity index is 1220. The highest BCUT2D eigenvalue weighted by Gasteiger charge is 2.30. The van der Waals surface area contributed by atoms with E-state index in [4.69, 9.17) is 9.15 Å². The molecule has 0 saturated carbocycles. The largest absolute Gasteiger partial charge is 0.483 e. The third-order valence-corrected chi connectivity index (χ3v) is 4.40. The molecule has 32 heavy (non-hydrogen) atoms. The number of anilines is 1. The summed E-state index contributed by atoms with van der Waals surface area (Å²) in [5, 5.41) is 10.5. The topological polar surface area (TPSA) is 77.2 Å². The molecule has 0 aliphatic heterocycles. The fourth-order valence-electron chi connectivity index (χ4n) is 2.91. The van der Waals surface area contributed by atoms with Crippen molar-refractivity contribution in [2.75, 3.05) is 11.9 Å². The van der Waals surface area contributed by atoms with Crippen molar-refractivity contribution in [3.8, 4) is 28.7 Å². The monoisotopic (exact) mass is 439 g/mol. The SMILES string of the molecule is O=C(COc1ccccc1-c1nnc(-c2ccccc2)o1)Nc1cccc(C(F)(F)F)c1. The summed E-state index contributed by atoms with van der Waals surface area (Å²) < 4.78 is 49.8. The normalized spacial score (nSPS) is 11.2. The van der Waals surface area contributed by atoms with Gasteiger partial charge in [-0.25, -0.2) is 0 Å². The van der Waals surface area contributed by atoms with Crippen LogP contribution in [0.5, 0.6) is 5.75 Å². The van der Waals surface area contributed by atoms with Crippen LogP contribution in [0.3, 0.4) is 0 Å². The number of ether oxygens (including phenoxy) is 1. The quantitative estimate of drug-likeness (QED) is 0.433. The number of rotatable bonds is 6. The Kier molecular flexibility index (Phi) is 5.89. The van der Waals surface area contributed by atoms with E-state index in [1.807, 2.05) is 30.3 Å². The number of hydrogen-bond donors (Lipinski definition) is 1. The molecule has 4 rings (SSSR count). The van der Waals surface area contributed by atoms with Gasteiger partial charge in [-0.1, -0.05) is 36.4 Å². The van der Waals surface area contributed by atoms with Crippen molar-refractivity contribution >= 4 is 11.6 Å². The number of aromatic nitrogens is 2. The van der Waals surface area contributed by atoms with Gasteiger partial charge >= 0.3 is 6.18 Å². The zero-order chi connectivity index (χ0) is 22.6. The van der Waals surface area contributed by atoms with Gasteiger partial charge in [0.15, 0.2) is 6.61 Å². The first-order valence-electron chi connectivity index (χ1n) is 9.48. The number of nitrogens with one attached hydrogen (secondary N) is 1. The van der Waals surface area contributed by atoms with Crippen LogP contribution in [0.25, 0.3) is 22.9 Å². The van der Waals surface area contributed by atoms with Gasteiger partial charge < -0.3 is 14.5 Å². The van der Waals surface area contributed by atoms with E-state index >= 15 is 0 Å². The van der Waals surface area contributed by atoms with Gasteiger partial charge in [-0.15, -0.1) is 10.2 Å². The fraction of sp³-hybridized carbons (Fsp3) is 0.0870. The van der Waals surface area contributed by atoms with Crippen LogP contribution in [0.15, 0.2) is 83.3 Å². The van der Waals surface area contributed by atoms with Crippen molar-refractivity contribution in [3.05, 3.63) is 84.4 Å². The average molecular weight is 439 g/mol. The number of nitrogens with zero attached hydrogens (tertiary/aromatic N) is 2. The van der Waals surface area contributed by atoms with Gasteiger partial charge in [-0.2, -0.15) is 13.2 Å². The Hall–Kier alpha value is -4.14. The molecule has 0 atom stereocenters. The number of alkyl halides is 3. The summed E-state index contributed by atoms with van der Waals surface area (Å²) in [5.74, 6) is 0.236. The van der Waals surface area contributed by atoms with Gasteiger partial charge in [0.2, 0.25) is 5.89 Å². The van der Waals surface area contributed by atoms with Crippen LogP contribution in [0.2, 0.25) is 0 Å². The average Bonchev–Trinajstić information content (AvgIpc) is 3.28. The second-order valence-electron chi connectivity index (χ2n) is 6.69. The lowest BCUT2D eigenvalue weighted by molar-refractivity contribution is -0.137. The molecule has 3 aromatic carbocycles. The number of carbonyl (C=O) groups excluding carboxylic acids is 1. The molecule has 0 radical (unpaired) electrons. The molecule has 9 heteroatoms. The van der Waals surface area contributed by atoms with E-state index in [0.717, 1.165) is 17.7 Å². The minimum absolute atomic E-state index is 0.0196. The number of carbonyl (C=O) groups is 1. The second-order valence-corrected chi connectivity index (χ2v) is 6.69.